The summed E-state index contributed by atoms with van der Waals surface area (Å²) in [5.74, 6) is 1.04. The largest absolute Gasteiger partial charge is 0.338 e. The molecule has 2 heterocycles. The number of fused-ring (bicyclic) bond motifs is 1. The van der Waals surface area contributed by atoms with Crippen molar-refractivity contribution in [3.05, 3.63) is 24.3 Å². The zero-order valence-corrected chi connectivity index (χ0v) is 12.5. The van der Waals surface area contributed by atoms with Crippen LogP contribution in [0.3, 0.4) is 0 Å². The lowest BCUT2D eigenvalue weighted by molar-refractivity contribution is 0.406. The maximum atomic E-state index is 4.79. The minimum atomic E-state index is 0.590. The molecular formula is C16H24N4. The molecule has 1 N–H and O–H groups in total. The van der Waals surface area contributed by atoms with Crippen LogP contribution in [0.1, 0.15) is 26.2 Å². The van der Waals surface area contributed by atoms with Crippen LogP contribution in [0.15, 0.2) is 24.3 Å². The number of anilines is 1. The van der Waals surface area contributed by atoms with E-state index in [0.29, 0.717) is 6.04 Å². The summed E-state index contributed by atoms with van der Waals surface area (Å²) in [6.07, 6.45) is 3.67. The summed E-state index contributed by atoms with van der Waals surface area (Å²) in [4.78, 5) is 13.2. The van der Waals surface area contributed by atoms with Gasteiger partial charge < -0.3 is 14.8 Å². The van der Waals surface area contributed by atoms with Gasteiger partial charge >= 0.3 is 0 Å². The molecule has 108 valence electrons. The minimum Gasteiger partial charge on any atom is -0.338 e. The molecule has 1 aromatic carbocycles. The fourth-order valence-electron chi connectivity index (χ4n) is 3.03. The standard InChI is InChI=1S/C16H24N4/c1-3-4-10-20(13-9-11-19(2)12-13)16-17-14-7-5-6-8-15(14)18-16/h5-8,13H,3-4,9-12H2,1-2H3,(H,17,18). The highest BCUT2D eigenvalue weighted by Gasteiger charge is 2.27. The van der Waals surface area contributed by atoms with E-state index in [1.165, 1.54) is 25.8 Å². The van der Waals surface area contributed by atoms with Crippen LogP contribution in [0.4, 0.5) is 5.95 Å². The molecule has 0 saturated carbocycles. The van der Waals surface area contributed by atoms with Gasteiger partial charge in [-0.25, -0.2) is 4.98 Å². The van der Waals surface area contributed by atoms with Gasteiger partial charge in [-0.15, -0.1) is 0 Å². The van der Waals surface area contributed by atoms with Crippen molar-refractivity contribution in [1.82, 2.24) is 14.9 Å². The van der Waals surface area contributed by atoms with E-state index in [-0.39, 0.29) is 0 Å². The number of unbranched alkanes of at least 4 members (excludes halogenated alkanes) is 1. The number of likely N-dealkylation sites (N-methyl/N-ethyl adjacent to an activating group) is 1. The predicted octanol–water partition coefficient (Wildman–Crippen LogP) is 2.87. The van der Waals surface area contributed by atoms with Gasteiger partial charge in [0, 0.05) is 19.1 Å². The summed E-state index contributed by atoms with van der Waals surface area (Å²) in [5, 5.41) is 0. The molecule has 1 aromatic heterocycles. The van der Waals surface area contributed by atoms with E-state index in [4.69, 9.17) is 4.98 Å². The van der Waals surface area contributed by atoms with Gasteiger partial charge in [-0.2, -0.15) is 0 Å². The first-order valence-electron chi connectivity index (χ1n) is 7.68. The lowest BCUT2D eigenvalue weighted by Gasteiger charge is -2.28. The monoisotopic (exact) mass is 272 g/mol. The second-order valence-electron chi connectivity index (χ2n) is 5.83. The highest BCUT2D eigenvalue weighted by Crippen LogP contribution is 2.23. The van der Waals surface area contributed by atoms with Gasteiger partial charge in [0.15, 0.2) is 0 Å². The number of H-pyrrole nitrogens is 1. The molecule has 1 atom stereocenters. The Balaban J connectivity index is 1.87. The molecule has 20 heavy (non-hydrogen) atoms. The van der Waals surface area contributed by atoms with Gasteiger partial charge in [0.1, 0.15) is 0 Å². The van der Waals surface area contributed by atoms with Crippen LogP contribution in [0.25, 0.3) is 11.0 Å². The lowest BCUT2D eigenvalue weighted by atomic mass is 10.2. The van der Waals surface area contributed by atoms with Crippen LogP contribution >= 0.6 is 0 Å². The van der Waals surface area contributed by atoms with Gasteiger partial charge in [-0.1, -0.05) is 25.5 Å². The van der Waals surface area contributed by atoms with Crippen LogP contribution in [-0.4, -0.2) is 47.6 Å². The Kier molecular flexibility index (Phi) is 3.92. The van der Waals surface area contributed by atoms with Crippen LogP contribution in [0, 0.1) is 0 Å². The van der Waals surface area contributed by atoms with E-state index in [2.05, 4.69) is 47.0 Å². The molecule has 0 aliphatic carbocycles. The highest BCUT2D eigenvalue weighted by atomic mass is 15.3. The Labute approximate surface area is 120 Å². The molecule has 0 amide bonds. The van der Waals surface area contributed by atoms with Crippen LogP contribution in [-0.2, 0) is 0 Å². The summed E-state index contributed by atoms with van der Waals surface area (Å²) in [5.41, 5.74) is 2.20. The number of aromatic nitrogens is 2. The fourth-order valence-corrected chi connectivity index (χ4v) is 3.03. The summed E-state index contributed by atoms with van der Waals surface area (Å²) in [7, 11) is 2.20. The first kappa shape index (κ1) is 13.4. The third kappa shape index (κ3) is 2.66. The number of likely N-dealkylation sites (tertiary alicyclic amines) is 1. The molecule has 4 nitrogen and oxygen atoms in total. The van der Waals surface area contributed by atoms with E-state index in [1.54, 1.807) is 0 Å². The van der Waals surface area contributed by atoms with Crippen molar-refractivity contribution >= 4 is 17.0 Å². The third-order valence-electron chi connectivity index (χ3n) is 4.21. The third-order valence-corrected chi connectivity index (χ3v) is 4.21. The SMILES string of the molecule is CCCCN(c1nc2ccccc2[nH]1)C1CCN(C)C1. The Morgan fingerprint density at radius 2 is 2.25 bits per heavy atom. The number of rotatable bonds is 5. The lowest BCUT2D eigenvalue weighted by Crippen LogP contribution is -2.38. The van der Waals surface area contributed by atoms with E-state index >= 15 is 0 Å². The predicted molar refractivity (Wildman–Crippen MR) is 84.2 cm³/mol. The summed E-state index contributed by atoms with van der Waals surface area (Å²) >= 11 is 0. The van der Waals surface area contributed by atoms with E-state index in [1.807, 2.05) is 6.07 Å². The fraction of sp³-hybridized carbons (Fsp3) is 0.562. The van der Waals surface area contributed by atoms with Gasteiger partial charge in [0.2, 0.25) is 5.95 Å². The summed E-state index contributed by atoms with van der Waals surface area (Å²) < 4.78 is 0. The van der Waals surface area contributed by atoms with Gasteiger partial charge in [-0.05, 0) is 38.6 Å². The van der Waals surface area contributed by atoms with Gasteiger partial charge in [-0.3, -0.25) is 0 Å². The van der Waals surface area contributed by atoms with Crippen molar-refractivity contribution in [3.63, 3.8) is 0 Å². The molecular weight excluding hydrogens is 248 g/mol. The second kappa shape index (κ2) is 5.83. The van der Waals surface area contributed by atoms with Crippen molar-refractivity contribution < 1.29 is 0 Å². The molecule has 0 bridgehead atoms. The number of nitrogens with zero attached hydrogens (tertiary/aromatic N) is 3. The van der Waals surface area contributed by atoms with Crippen LogP contribution in [0.2, 0.25) is 0 Å². The number of imidazole rings is 1. The zero-order valence-electron chi connectivity index (χ0n) is 12.5. The number of aromatic amines is 1. The van der Waals surface area contributed by atoms with E-state index < -0.39 is 0 Å². The van der Waals surface area contributed by atoms with Crippen molar-refractivity contribution in [2.45, 2.75) is 32.2 Å². The molecule has 4 heteroatoms. The zero-order chi connectivity index (χ0) is 13.9. The average Bonchev–Trinajstić information content (AvgIpc) is 3.05. The van der Waals surface area contributed by atoms with E-state index in [0.717, 1.165) is 30.1 Å². The maximum Gasteiger partial charge on any atom is 0.204 e. The molecule has 3 rings (SSSR count). The first-order chi connectivity index (χ1) is 9.78. The quantitative estimate of drug-likeness (QED) is 0.909. The number of benzene rings is 1. The average molecular weight is 272 g/mol. The van der Waals surface area contributed by atoms with E-state index in [9.17, 15) is 0 Å². The topological polar surface area (TPSA) is 35.2 Å². The second-order valence-corrected chi connectivity index (χ2v) is 5.83. The number of hydrogen-bond acceptors (Lipinski definition) is 3. The molecule has 0 spiro atoms. The smallest absolute Gasteiger partial charge is 0.204 e. The molecule has 1 aliphatic rings. The van der Waals surface area contributed by atoms with Crippen LogP contribution in [0.5, 0.6) is 0 Å². The van der Waals surface area contributed by atoms with Crippen molar-refractivity contribution in [1.29, 1.82) is 0 Å². The molecule has 1 aliphatic heterocycles. The number of nitrogens with one attached hydrogen (secondary N) is 1. The van der Waals surface area contributed by atoms with Crippen molar-refractivity contribution in [2.75, 3.05) is 31.6 Å². The molecule has 1 saturated heterocycles. The summed E-state index contributed by atoms with van der Waals surface area (Å²) in [6.45, 7) is 5.67. The normalized spacial score (nSPS) is 19.8. The molecule has 1 fully saturated rings. The Hall–Kier alpha value is -1.55. The molecule has 0 radical (unpaired) electrons. The Bertz CT molecular complexity index is 529. The number of hydrogen-bond donors (Lipinski definition) is 1. The van der Waals surface area contributed by atoms with Crippen LogP contribution < -0.4 is 4.90 Å². The highest BCUT2D eigenvalue weighted by molar-refractivity contribution is 5.77. The van der Waals surface area contributed by atoms with Gasteiger partial charge in [0.25, 0.3) is 0 Å². The minimum absolute atomic E-state index is 0.590. The van der Waals surface area contributed by atoms with Crippen molar-refractivity contribution in [2.24, 2.45) is 0 Å². The summed E-state index contributed by atoms with van der Waals surface area (Å²) in [6, 6.07) is 8.88. The number of para-hydroxylation sites is 2. The van der Waals surface area contributed by atoms with Gasteiger partial charge in [0.05, 0.1) is 11.0 Å². The molecule has 2 aromatic rings. The van der Waals surface area contributed by atoms with Crippen molar-refractivity contribution in [3.8, 4) is 0 Å². The Morgan fingerprint density at radius 3 is 2.95 bits per heavy atom. The first-order valence-corrected chi connectivity index (χ1v) is 7.68. The maximum absolute atomic E-state index is 4.79. The Morgan fingerprint density at radius 1 is 1.40 bits per heavy atom. The molecule has 1 unspecified atom stereocenters.